The fourth-order valence-corrected chi connectivity index (χ4v) is 3.55. The van der Waals surface area contributed by atoms with E-state index in [1.54, 1.807) is 0 Å². The molecule has 6 heteroatoms. The van der Waals surface area contributed by atoms with Crippen LogP contribution in [0.1, 0.15) is 28.1 Å². The van der Waals surface area contributed by atoms with Crippen molar-refractivity contribution in [2.45, 2.75) is 18.4 Å². The van der Waals surface area contributed by atoms with E-state index in [1.807, 2.05) is 17.5 Å². The van der Waals surface area contributed by atoms with E-state index in [1.165, 1.54) is 30.6 Å². The van der Waals surface area contributed by atoms with Crippen molar-refractivity contribution in [2.75, 3.05) is 13.7 Å². The average molecular weight is 335 g/mol. The molecule has 1 fully saturated rings. The predicted octanol–water partition coefficient (Wildman–Crippen LogP) is 2.92. The number of ether oxygens (including phenoxy) is 1. The SMILES string of the molecule is COc1ccc(C(=O)NC[C@](O)(c2cccs2)C2CC2)cc1F. The van der Waals surface area contributed by atoms with Crippen molar-refractivity contribution in [1.82, 2.24) is 5.32 Å². The quantitative estimate of drug-likeness (QED) is 0.853. The van der Waals surface area contributed by atoms with Crippen molar-refractivity contribution in [3.05, 3.63) is 52.0 Å². The van der Waals surface area contributed by atoms with Crippen LogP contribution in [0.3, 0.4) is 0 Å². The maximum Gasteiger partial charge on any atom is 0.251 e. The minimum atomic E-state index is -1.05. The number of carbonyl (C=O) groups is 1. The highest BCUT2D eigenvalue weighted by molar-refractivity contribution is 7.10. The summed E-state index contributed by atoms with van der Waals surface area (Å²) in [4.78, 5) is 13.1. The van der Waals surface area contributed by atoms with Crippen LogP contribution in [0, 0.1) is 11.7 Å². The number of amides is 1. The van der Waals surface area contributed by atoms with Gasteiger partial charge in [-0.15, -0.1) is 11.3 Å². The van der Waals surface area contributed by atoms with Gasteiger partial charge >= 0.3 is 0 Å². The van der Waals surface area contributed by atoms with E-state index in [-0.39, 0.29) is 23.8 Å². The van der Waals surface area contributed by atoms with Crippen LogP contribution in [0.2, 0.25) is 0 Å². The Morgan fingerprint density at radius 3 is 2.83 bits per heavy atom. The highest BCUT2D eigenvalue weighted by Gasteiger charge is 2.46. The average Bonchev–Trinajstić information content (AvgIpc) is 3.27. The molecular weight excluding hydrogens is 317 g/mol. The molecule has 2 aromatic rings. The van der Waals surface area contributed by atoms with Crippen LogP contribution in [-0.2, 0) is 5.60 Å². The molecule has 1 aliphatic rings. The van der Waals surface area contributed by atoms with E-state index in [4.69, 9.17) is 4.74 Å². The van der Waals surface area contributed by atoms with Gasteiger partial charge in [0.05, 0.1) is 13.7 Å². The van der Waals surface area contributed by atoms with Gasteiger partial charge in [-0.1, -0.05) is 6.07 Å². The highest BCUT2D eigenvalue weighted by atomic mass is 32.1. The van der Waals surface area contributed by atoms with E-state index in [9.17, 15) is 14.3 Å². The molecule has 1 heterocycles. The van der Waals surface area contributed by atoms with E-state index in [2.05, 4.69) is 5.32 Å². The summed E-state index contributed by atoms with van der Waals surface area (Å²) in [5.41, 5.74) is -0.845. The fourth-order valence-electron chi connectivity index (χ4n) is 2.64. The van der Waals surface area contributed by atoms with Crippen LogP contribution in [0.4, 0.5) is 4.39 Å². The van der Waals surface area contributed by atoms with E-state index >= 15 is 0 Å². The summed E-state index contributed by atoms with van der Waals surface area (Å²) >= 11 is 1.48. The van der Waals surface area contributed by atoms with Gasteiger partial charge in [0, 0.05) is 10.4 Å². The molecule has 0 aliphatic heterocycles. The van der Waals surface area contributed by atoms with E-state index in [0.29, 0.717) is 0 Å². The minimum absolute atomic E-state index is 0.0922. The molecule has 1 atom stereocenters. The first-order chi connectivity index (χ1) is 11.0. The van der Waals surface area contributed by atoms with Crippen LogP contribution in [0.25, 0.3) is 0 Å². The zero-order chi connectivity index (χ0) is 16.4. The molecule has 0 bridgehead atoms. The molecule has 0 spiro atoms. The van der Waals surface area contributed by atoms with Crippen molar-refractivity contribution in [3.8, 4) is 5.75 Å². The third kappa shape index (κ3) is 3.23. The van der Waals surface area contributed by atoms with Gasteiger partial charge in [0.2, 0.25) is 0 Å². The lowest BCUT2D eigenvalue weighted by Gasteiger charge is -2.27. The second kappa shape index (κ2) is 6.29. The van der Waals surface area contributed by atoms with Crippen LogP contribution < -0.4 is 10.1 Å². The molecule has 23 heavy (non-hydrogen) atoms. The molecular formula is C17H18FNO3S. The highest BCUT2D eigenvalue weighted by Crippen LogP contribution is 2.46. The Hall–Kier alpha value is -1.92. The Bertz CT molecular complexity index is 700. The third-order valence-corrected chi connectivity index (χ3v) is 5.17. The number of hydrogen-bond donors (Lipinski definition) is 2. The topological polar surface area (TPSA) is 58.6 Å². The van der Waals surface area contributed by atoms with Gasteiger partial charge in [-0.3, -0.25) is 4.79 Å². The molecule has 1 amide bonds. The lowest BCUT2D eigenvalue weighted by Crippen LogP contribution is -2.42. The molecule has 1 aromatic heterocycles. The smallest absolute Gasteiger partial charge is 0.251 e. The van der Waals surface area contributed by atoms with Gasteiger partial charge in [0.15, 0.2) is 11.6 Å². The van der Waals surface area contributed by atoms with Gasteiger partial charge in [0.1, 0.15) is 5.60 Å². The standard InChI is InChI=1S/C17H18FNO3S/c1-22-14-7-4-11(9-13(14)18)16(20)19-10-17(21,12-5-6-12)15-3-2-8-23-15/h2-4,7-9,12,21H,5-6,10H2,1H3,(H,19,20)/t17-/m1/s1. The molecule has 1 aromatic carbocycles. The molecule has 0 saturated heterocycles. The first kappa shape index (κ1) is 16.0. The molecule has 0 radical (unpaired) electrons. The number of aliphatic hydroxyl groups is 1. The Kier molecular flexibility index (Phi) is 4.37. The lowest BCUT2D eigenvalue weighted by molar-refractivity contribution is 0.0169. The zero-order valence-corrected chi connectivity index (χ0v) is 13.5. The molecule has 3 rings (SSSR count). The zero-order valence-electron chi connectivity index (χ0n) is 12.7. The van der Waals surface area contributed by atoms with Gasteiger partial charge in [-0.25, -0.2) is 4.39 Å². The summed E-state index contributed by atoms with van der Waals surface area (Å²) in [6, 6.07) is 7.81. The first-order valence-corrected chi connectivity index (χ1v) is 8.30. The van der Waals surface area contributed by atoms with Crippen LogP contribution >= 0.6 is 11.3 Å². The minimum Gasteiger partial charge on any atom is -0.494 e. The van der Waals surface area contributed by atoms with E-state index in [0.717, 1.165) is 23.8 Å². The Labute approximate surface area is 137 Å². The Balaban J connectivity index is 1.71. The second-order valence-electron chi connectivity index (χ2n) is 5.71. The number of thiophene rings is 1. The van der Waals surface area contributed by atoms with Gasteiger partial charge in [0.25, 0.3) is 5.91 Å². The molecule has 2 N–H and O–H groups in total. The normalized spacial score (nSPS) is 16.7. The number of nitrogens with one attached hydrogen (secondary N) is 1. The van der Waals surface area contributed by atoms with Gasteiger partial charge in [-0.05, 0) is 48.4 Å². The number of hydrogen-bond acceptors (Lipinski definition) is 4. The van der Waals surface area contributed by atoms with Crippen molar-refractivity contribution in [1.29, 1.82) is 0 Å². The molecule has 4 nitrogen and oxygen atoms in total. The third-order valence-electron chi connectivity index (χ3n) is 4.13. The molecule has 0 unspecified atom stereocenters. The summed E-state index contributed by atoms with van der Waals surface area (Å²) in [5.74, 6) is -0.748. The monoisotopic (exact) mass is 335 g/mol. The first-order valence-electron chi connectivity index (χ1n) is 7.42. The van der Waals surface area contributed by atoms with Crippen molar-refractivity contribution < 1.29 is 19.0 Å². The summed E-state index contributed by atoms with van der Waals surface area (Å²) in [6.07, 6.45) is 1.89. The molecule has 122 valence electrons. The van der Waals surface area contributed by atoms with Crippen molar-refractivity contribution in [2.24, 2.45) is 5.92 Å². The predicted molar refractivity (Wildman–Crippen MR) is 86.2 cm³/mol. The molecule has 1 saturated carbocycles. The summed E-state index contributed by atoms with van der Waals surface area (Å²) in [5, 5.41) is 15.6. The van der Waals surface area contributed by atoms with Crippen LogP contribution in [0.15, 0.2) is 35.7 Å². The Morgan fingerprint density at radius 1 is 1.48 bits per heavy atom. The number of methoxy groups -OCH3 is 1. The number of rotatable bonds is 6. The second-order valence-corrected chi connectivity index (χ2v) is 6.66. The summed E-state index contributed by atoms with van der Waals surface area (Å²) in [6.45, 7) is 0.116. The van der Waals surface area contributed by atoms with Crippen LogP contribution in [-0.4, -0.2) is 24.7 Å². The lowest BCUT2D eigenvalue weighted by atomic mass is 9.95. The summed E-state index contributed by atoms with van der Waals surface area (Å²) in [7, 11) is 1.37. The van der Waals surface area contributed by atoms with Crippen molar-refractivity contribution in [3.63, 3.8) is 0 Å². The molecule has 1 aliphatic carbocycles. The van der Waals surface area contributed by atoms with Gasteiger partial charge in [-0.2, -0.15) is 0 Å². The Morgan fingerprint density at radius 2 is 2.26 bits per heavy atom. The largest absolute Gasteiger partial charge is 0.494 e. The maximum atomic E-state index is 13.7. The van der Waals surface area contributed by atoms with Crippen LogP contribution in [0.5, 0.6) is 5.75 Å². The summed E-state index contributed by atoms with van der Waals surface area (Å²) < 4.78 is 18.5. The van der Waals surface area contributed by atoms with E-state index < -0.39 is 17.3 Å². The number of carbonyl (C=O) groups excluding carboxylic acids is 1. The fraction of sp³-hybridized carbons (Fsp3) is 0.353. The number of halogens is 1. The maximum absolute atomic E-state index is 13.7. The number of benzene rings is 1. The van der Waals surface area contributed by atoms with Crippen molar-refractivity contribution >= 4 is 17.2 Å². The van der Waals surface area contributed by atoms with Gasteiger partial charge < -0.3 is 15.2 Å².